The standard InChI is InChI=1S/C13H24N4/c1-5-8-14-12-9-11(4)15-13(16-12)10-17(6-2)7-3/h9H,5-8,10H2,1-4H3,(H,14,15,16). The second-order valence-corrected chi connectivity index (χ2v) is 4.20. The minimum atomic E-state index is 0.829. The second kappa shape index (κ2) is 7.22. The van der Waals surface area contributed by atoms with E-state index in [1.54, 1.807) is 0 Å². The fourth-order valence-electron chi connectivity index (χ4n) is 1.69. The molecule has 0 fully saturated rings. The van der Waals surface area contributed by atoms with Crippen molar-refractivity contribution in [1.29, 1.82) is 0 Å². The van der Waals surface area contributed by atoms with Gasteiger partial charge in [0.15, 0.2) is 0 Å². The molecule has 0 aliphatic rings. The number of hydrogen-bond donors (Lipinski definition) is 1. The summed E-state index contributed by atoms with van der Waals surface area (Å²) in [6, 6.07) is 2.00. The van der Waals surface area contributed by atoms with Gasteiger partial charge in [-0.2, -0.15) is 0 Å². The predicted octanol–water partition coefficient (Wildman–Crippen LogP) is 2.45. The third-order valence-electron chi connectivity index (χ3n) is 2.72. The van der Waals surface area contributed by atoms with Crippen LogP contribution in [0, 0.1) is 6.92 Å². The van der Waals surface area contributed by atoms with E-state index >= 15 is 0 Å². The van der Waals surface area contributed by atoms with Crippen molar-refractivity contribution in [2.75, 3.05) is 25.0 Å². The van der Waals surface area contributed by atoms with Crippen LogP contribution in [0.3, 0.4) is 0 Å². The summed E-state index contributed by atoms with van der Waals surface area (Å²) < 4.78 is 0. The highest BCUT2D eigenvalue weighted by atomic mass is 15.1. The molecule has 0 unspecified atom stereocenters. The molecular formula is C13H24N4. The van der Waals surface area contributed by atoms with E-state index in [-0.39, 0.29) is 0 Å². The van der Waals surface area contributed by atoms with Gasteiger partial charge < -0.3 is 5.32 Å². The molecule has 1 heterocycles. The number of aryl methyl sites for hydroxylation is 1. The third kappa shape index (κ3) is 4.69. The Balaban J connectivity index is 2.74. The maximum absolute atomic E-state index is 4.54. The predicted molar refractivity (Wildman–Crippen MR) is 72.2 cm³/mol. The summed E-state index contributed by atoms with van der Waals surface area (Å²) in [4.78, 5) is 11.3. The number of nitrogens with zero attached hydrogens (tertiary/aromatic N) is 3. The van der Waals surface area contributed by atoms with Gasteiger partial charge >= 0.3 is 0 Å². The van der Waals surface area contributed by atoms with Gasteiger partial charge in [-0.05, 0) is 26.4 Å². The van der Waals surface area contributed by atoms with Gasteiger partial charge in [-0.25, -0.2) is 9.97 Å². The van der Waals surface area contributed by atoms with Gasteiger partial charge in [0.1, 0.15) is 11.6 Å². The van der Waals surface area contributed by atoms with Gasteiger partial charge in [0, 0.05) is 18.3 Å². The Hall–Kier alpha value is -1.16. The van der Waals surface area contributed by atoms with Crippen LogP contribution in [0.15, 0.2) is 6.07 Å². The highest BCUT2D eigenvalue weighted by Gasteiger charge is 2.06. The molecule has 1 rings (SSSR count). The van der Waals surface area contributed by atoms with Crippen molar-refractivity contribution in [3.05, 3.63) is 17.6 Å². The van der Waals surface area contributed by atoms with Crippen LogP contribution < -0.4 is 5.32 Å². The largest absolute Gasteiger partial charge is 0.370 e. The molecule has 0 bridgehead atoms. The summed E-state index contributed by atoms with van der Waals surface area (Å²) in [5.41, 5.74) is 1.03. The van der Waals surface area contributed by atoms with E-state index in [4.69, 9.17) is 0 Å². The fraction of sp³-hybridized carbons (Fsp3) is 0.692. The van der Waals surface area contributed by atoms with E-state index in [1.165, 1.54) is 0 Å². The minimum Gasteiger partial charge on any atom is -0.370 e. The van der Waals surface area contributed by atoms with E-state index < -0.39 is 0 Å². The van der Waals surface area contributed by atoms with Gasteiger partial charge in [-0.15, -0.1) is 0 Å². The van der Waals surface area contributed by atoms with Crippen LogP contribution in [0.1, 0.15) is 38.7 Å². The van der Waals surface area contributed by atoms with Crippen molar-refractivity contribution >= 4 is 5.82 Å². The molecule has 0 saturated heterocycles. The van der Waals surface area contributed by atoms with Crippen LogP contribution in [-0.4, -0.2) is 34.5 Å². The number of nitrogens with one attached hydrogen (secondary N) is 1. The molecule has 0 saturated carbocycles. The third-order valence-corrected chi connectivity index (χ3v) is 2.72. The lowest BCUT2D eigenvalue weighted by atomic mass is 10.3. The molecule has 17 heavy (non-hydrogen) atoms. The maximum atomic E-state index is 4.54. The van der Waals surface area contributed by atoms with Crippen LogP contribution in [0.5, 0.6) is 0 Å². The Morgan fingerprint density at radius 2 is 1.88 bits per heavy atom. The Kier molecular flexibility index (Phi) is 5.91. The average Bonchev–Trinajstić information content (AvgIpc) is 2.32. The summed E-state index contributed by atoms with van der Waals surface area (Å²) in [6.45, 7) is 12.3. The van der Waals surface area contributed by atoms with Crippen LogP contribution in [0.4, 0.5) is 5.82 Å². The van der Waals surface area contributed by atoms with Gasteiger partial charge in [0.2, 0.25) is 0 Å². The first-order valence-corrected chi connectivity index (χ1v) is 6.50. The lowest BCUT2D eigenvalue weighted by molar-refractivity contribution is 0.288. The lowest BCUT2D eigenvalue weighted by Crippen LogP contribution is -2.23. The molecular weight excluding hydrogens is 212 g/mol. The quantitative estimate of drug-likeness (QED) is 0.789. The van der Waals surface area contributed by atoms with Crippen LogP contribution in [-0.2, 0) is 6.54 Å². The normalized spacial score (nSPS) is 10.9. The average molecular weight is 236 g/mol. The highest BCUT2D eigenvalue weighted by Crippen LogP contribution is 2.08. The summed E-state index contributed by atoms with van der Waals surface area (Å²) in [6.07, 6.45) is 1.11. The zero-order valence-electron chi connectivity index (χ0n) is 11.5. The fourth-order valence-corrected chi connectivity index (χ4v) is 1.69. The molecule has 96 valence electrons. The zero-order chi connectivity index (χ0) is 12.7. The van der Waals surface area contributed by atoms with Crippen LogP contribution in [0.25, 0.3) is 0 Å². The lowest BCUT2D eigenvalue weighted by Gasteiger charge is -2.17. The number of aromatic nitrogens is 2. The Morgan fingerprint density at radius 3 is 2.47 bits per heavy atom. The molecule has 0 amide bonds. The first-order valence-electron chi connectivity index (χ1n) is 6.50. The molecule has 0 spiro atoms. The summed E-state index contributed by atoms with van der Waals surface area (Å²) in [5, 5.41) is 3.32. The van der Waals surface area contributed by atoms with Gasteiger partial charge in [0.05, 0.1) is 6.54 Å². The Bertz CT molecular complexity index is 334. The number of rotatable bonds is 7. The maximum Gasteiger partial charge on any atom is 0.144 e. The Labute approximate surface area is 104 Å². The van der Waals surface area contributed by atoms with E-state index in [2.05, 4.69) is 41.0 Å². The summed E-state index contributed by atoms with van der Waals surface area (Å²) >= 11 is 0. The monoisotopic (exact) mass is 236 g/mol. The van der Waals surface area contributed by atoms with Crippen molar-refractivity contribution in [3.8, 4) is 0 Å². The van der Waals surface area contributed by atoms with Gasteiger partial charge in [-0.1, -0.05) is 20.8 Å². The van der Waals surface area contributed by atoms with Gasteiger partial charge in [0.25, 0.3) is 0 Å². The van der Waals surface area contributed by atoms with E-state index in [9.17, 15) is 0 Å². The van der Waals surface area contributed by atoms with Crippen molar-refractivity contribution < 1.29 is 0 Å². The zero-order valence-corrected chi connectivity index (χ0v) is 11.5. The van der Waals surface area contributed by atoms with Crippen LogP contribution in [0.2, 0.25) is 0 Å². The summed E-state index contributed by atoms with van der Waals surface area (Å²) in [7, 11) is 0. The molecule has 0 atom stereocenters. The molecule has 4 heteroatoms. The number of anilines is 1. The molecule has 0 aliphatic carbocycles. The van der Waals surface area contributed by atoms with Gasteiger partial charge in [-0.3, -0.25) is 4.90 Å². The van der Waals surface area contributed by atoms with E-state index in [0.717, 1.165) is 49.9 Å². The first-order chi connectivity index (χ1) is 8.19. The Morgan fingerprint density at radius 1 is 1.18 bits per heavy atom. The summed E-state index contributed by atoms with van der Waals surface area (Å²) in [5.74, 6) is 1.86. The molecule has 0 aliphatic heterocycles. The molecule has 1 aromatic rings. The molecule has 1 N–H and O–H groups in total. The highest BCUT2D eigenvalue weighted by molar-refractivity contribution is 5.35. The molecule has 4 nitrogen and oxygen atoms in total. The van der Waals surface area contributed by atoms with Crippen molar-refractivity contribution in [2.24, 2.45) is 0 Å². The first kappa shape index (κ1) is 13.9. The number of hydrogen-bond acceptors (Lipinski definition) is 4. The van der Waals surface area contributed by atoms with E-state index in [1.807, 2.05) is 13.0 Å². The second-order valence-electron chi connectivity index (χ2n) is 4.20. The molecule has 0 aromatic carbocycles. The van der Waals surface area contributed by atoms with Crippen molar-refractivity contribution in [2.45, 2.75) is 40.7 Å². The molecule has 0 radical (unpaired) electrons. The topological polar surface area (TPSA) is 41.1 Å². The minimum absolute atomic E-state index is 0.829. The van der Waals surface area contributed by atoms with Crippen molar-refractivity contribution in [3.63, 3.8) is 0 Å². The van der Waals surface area contributed by atoms with E-state index in [0.29, 0.717) is 0 Å². The SMILES string of the molecule is CCCNc1cc(C)nc(CN(CC)CC)n1. The van der Waals surface area contributed by atoms with Crippen LogP contribution >= 0.6 is 0 Å². The van der Waals surface area contributed by atoms with Crippen molar-refractivity contribution in [1.82, 2.24) is 14.9 Å². The molecule has 1 aromatic heterocycles. The smallest absolute Gasteiger partial charge is 0.144 e.